The largest absolute Gasteiger partial charge is 0.497 e. The van der Waals surface area contributed by atoms with Crippen LogP contribution in [0.25, 0.3) is 0 Å². The second-order valence-electron chi connectivity index (χ2n) is 6.28. The molecule has 0 amide bonds. The lowest BCUT2D eigenvalue weighted by Gasteiger charge is -2.23. The summed E-state index contributed by atoms with van der Waals surface area (Å²) in [5.74, 6) is 1.22. The topological polar surface area (TPSA) is 68.2 Å². The zero-order chi connectivity index (χ0) is 18.9. The molecule has 0 spiro atoms. The molecule has 1 atom stereocenters. The van der Waals surface area contributed by atoms with Gasteiger partial charge in [0.2, 0.25) is 10.0 Å². The van der Waals surface area contributed by atoms with E-state index in [9.17, 15) is 8.42 Å². The quantitative estimate of drug-likeness (QED) is 0.806. The van der Waals surface area contributed by atoms with Gasteiger partial charge in [-0.15, -0.1) is 0 Å². The third-order valence-corrected chi connectivity index (χ3v) is 5.38. The molecule has 1 aliphatic heterocycles. The molecule has 0 aliphatic carbocycles. The van der Waals surface area contributed by atoms with E-state index in [4.69, 9.17) is 9.47 Å². The van der Waals surface area contributed by atoms with E-state index in [2.05, 4.69) is 5.10 Å². The minimum Gasteiger partial charge on any atom is -0.497 e. The van der Waals surface area contributed by atoms with E-state index in [1.165, 1.54) is 10.7 Å². The van der Waals surface area contributed by atoms with Crippen molar-refractivity contribution in [2.24, 2.45) is 5.10 Å². The Balaban J connectivity index is 2.05. The molecule has 0 bridgehead atoms. The molecule has 3 rings (SSSR count). The number of methoxy groups -OCH3 is 2. The number of hydrogen-bond acceptors (Lipinski definition) is 5. The van der Waals surface area contributed by atoms with Gasteiger partial charge in [-0.1, -0.05) is 29.8 Å². The van der Waals surface area contributed by atoms with Crippen LogP contribution in [0.15, 0.2) is 47.6 Å². The highest BCUT2D eigenvalue weighted by molar-refractivity contribution is 7.88. The van der Waals surface area contributed by atoms with Gasteiger partial charge in [0.15, 0.2) is 0 Å². The lowest BCUT2D eigenvalue weighted by Crippen LogP contribution is -2.26. The molecular weight excluding hydrogens is 352 g/mol. The summed E-state index contributed by atoms with van der Waals surface area (Å²) in [4.78, 5) is 0. The smallest absolute Gasteiger partial charge is 0.247 e. The van der Waals surface area contributed by atoms with Crippen molar-refractivity contribution in [3.63, 3.8) is 0 Å². The van der Waals surface area contributed by atoms with E-state index in [-0.39, 0.29) is 0 Å². The molecule has 0 saturated carbocycles. The van der Waals surface area contributed by atoms with E-state index >= 15 is 0 Å². The monoisotopic (exact) mass is 374 g/mol. The van der Waals surface area contributed by atoms with Crippen LogP contribution in [-0.2, 0) is 10.0 Å². The van der Waals surface area contributed by atoms with Gasteiger partial charge in [-0.05, 0) is 24.6 Å². The second-order valence-corrected chi connectivity index (χ2v) is 8.12. The standard InChI is InChI=1S/C19H22N2O4S/c1-13-6-5-7-14(10-13)17-12-18(21(20-17)26(4,22)23)16-9-8-15(24-2)11-19(16)25-3/h5-11,18H,12H2,1-4H3. The number of rotatable bonds is 5. The maximum atomic E-state index is 12.3. The van der Waals surface area contributed by atoms with Crippen LogP contribution in [0.2, 0.25) is 0 Å². The van der Waals surface area contributed by atoms with Crippen LogP contribution in [0.1, 0.15) is 29.2 Å². The molecule has 7 heteroatoms. The Bertz CT molecular complexity index is 954. The van der Waals surface area contributed by atoms with Crippen molar-refractivity contribution in [1.29, 1.82) is 0 Å². The number of sulfonamides is 1. The van der Waals surface area contributed by atoms with E-state index in [1.807, 2.05) is 37.3 Å². The number of benzene rings is 2. The summed E-state index contributed by atoms with van der Waals surface area (Å²) in [6, 6.07) is 12.8. The molecular formula is C19H22N2O4S. The molecule has 1 unspecified atom stereocenters. The van der Waals surface area contributed by atoms with Gasteiger partial charge in [-0.3, -0.25) is 0 Å². The lowest BCUT2D eigenvalue weighted by molar-refractivity contribution is 0.348. The van der Waals surface area contributed by atoms with Gasteiger partial charge in [0.1, 0.15) is 11.5 Å². The van der Waals surface area contributed by atoms with Gasteiger partial charge in [0.25, 0.3) is 0 Å². The SMILES string of the molecule is COc1ccc(C2CC(c3cccc(C)c3)=NN2S(C)(=O)=O)c(OC)c1. The van der Waals surface area contributed by atoms with Crippen LogP contribution in [-0.4, -0.2) is 39.0 Å². The summed E-state index contributed by atoms with van der Waals surface area (Å²) in [5.41, 5.74) is 3.52. The van der Waals surface area contributed by atoms with E-state index in [0.29, 0.717) is 17.9 Å². The maximum absolute atomic E-state index is 12.3. The van der Waals surface area contributed by atoms with Crippen molar-refractivity contribution in [1.82, 2.24) is 4.41 Å². The van der Waals surface area contributed by atoms with Gasteiger partial charge in [-0.2, -0.15) is 9.52 Å². The Morgan fingerprint density at radius 3 is 2.50 bits per heavy atom. The third-order valence-electron chi connectivity index (χ3n) is 4.36. The lowest BCUT2D eigenvalue weighted by atomic mass is 9.97. The van der Waals surface area contributed by atoms with Crippen LogP contribution in [0.3, 0.4) is 0 Å². The molecule has 138 valence electrons. The molecule has 0 radical (unpaired) electrons. The molecule has 1 aliphatic rings. The Labute approximate surface area is 154 Å². The van der Waals surface area contributed by atoms with Crippen molar-refractivity contribution in [2.75, 3.05) is 20.5 Å². The Hall–Kier alpha value is -2.54. The highest BCUT2D eigenvalue weighted by atomic mass is 32.2. The maximum Gasteiger partial charge on any atom is 0.247 e. The summed E-state index contributed by atoms with van der Waals surface area (Å²) >= 11 is 0. The molecule has 0 fully saturated rings. The summed E-state index contributed by atoms with van der Waals surface area (Å²) in [7, 11) is -0.401. The molecule has 2 aromatic carbocycles. The number of aryl methyl sites for hydroxylation is 1. The first-order valence-corrected chi connectivity index (χ1v) is 10.0. The van der Waals surface area contributed by atoms with Crippen LogP contribution < -0.4 is 9.47 Å². The molecule has 6 nitrogen and oxygen atoms in total. The normalized spacial score (nSPS) is 17.2. The first-order valence-electron chi connectivity index (χ1n) is 8.19. The summed E-state index contributed by atoms with van der Waals surface area (Å²) in [6.45, 7) is 2.00. The predicted molar refractivity (Wildman–Crippen MR) is 101 cm³/mol. The van der Waals surface area contributed by atoms with Crippen LogP contribution in [0, 0.1) is 6.92 Å². The van der Waals surface area contributed by atoms with Crippen molar-refractivity contribution >= 4 is 15.7 Å². The fourth-order valence-electron chi connectivity index (χ4n) is 3.12. The average molecular weight is 374 g/mol. The second kappa shape index (κ2) is 6.99. The van der Waals surface area contributed by atoms with Gasteiger partial charge >= 0.3 is 0 Å². The first-order chi connectivity index (χ1) is 12.3. The van der Waals surface area contributed by atoms with Gasteiger partial charge in [0.05, 0.1) is 32.2 Å². The molecule has 0 saturated heterocycles. The number of hydrazone groups is 1. The van der Waals surface area contributed by atoms with Gasteiger partial charge in [0, 0.05) is 18.1 Å². The third kappa shape index (κ3) is 3.53. The zero-order valence-electron chi connectivity index (χ0n) is 15.3. The Morgan fingerprint density at radius 1 is 1.12 bits per heavy atom. The predicted octanol–water partition coefficient (Wildman–Crippen LogP) is 3.12. The minimum absolute atomic E-state index is 0.457. The van der Waals surface area contributed by atoms with E-state index in [0.717, 1.165) is 22.4 Å². The highest BCUT2D eigenvalue weighted by Gasteiger charge is 2.36. The fourth-order valence-corrected chi connectivity index (χ4v) is 4.02. The van der Waals surface area contributed by atoms with Crippen LogP contribution in [0.5, 0.6) is 11.5 Å². The summed E-state index contributed by atoms with van der Waals surface area (Å²) < 4.78 is 36.6. The number of nitrogens with zero attached hydrogens (tertiary/aromatic N) is 2. The Kier molecular flexibility index (Phi) is 4.91. The number of ether oxygens (including phenoxy) is 2. The molecule has 26 heavy (non-hydrogen) atoms. The first kappa shape index (κ1) is 18.3. The molecule has 0 N–H and O–H groups in total. The van der Waals surface area contributed by atoms with Crippen molar-refractivity contribution in [2.45, 2.75) is 19.4 Å². The van der Waals surface area contributed by atoms with Gasteiger partial charge < -0.3 is 9.47 Å². The average Bonchev–Trinajstić information content (AvgIpc) is 3.06. The minimum atomic E-state index is -3.53. The van der Waals surface area contributed by atoms with Gasteiger partial charge in [-0.25, -0.2) is 8.42 Å². The molecule has 2 aromatic rings. The van der Waals surface area contributed by atoms with Crippen molar-refractivity contribution in [3.8, 4) is 11.5 Å². The summed E-state index contributed by atoms with van der Waals surface area (Å²) in [6.07, 6.45) is 1.64. The van der Waals surface area contributed by atoms with Crippen molar-refractivity contribution < 1.29 is 17.9 Å². The van der Waals surface area contributed by atoms with Crippen molar-refractivity contribution in [3.05, 3.63) is 59.2 Å². The molecule has 0 aromatic heterocycles. The number of hydrogen-bond donors (Lipinski definition) is 0. The van der Waals surface area contributed by atoms with E-state index < -0.39 is 16.1 Å². The zero-order valence-corrected chi connectivity index (χ0v) is 16.1. The van der Waals surface area contributed by atoms with Crippen LogP contribution >= 0.6 is 0 Å². The fraction of sp³-hybridized carbons (Fsp3) is 0.316. The Morgan fingerprint density at radius 2 is 1.88 bits per heavy atom. The van der Waals surface area contributed by atoms with E-state index in [1.54, 1.807) is 26.4 Å². The molecule has 1 heterocycles. The highest BCUT2D eigenvalue weighted by Crippen LogP contribution is 2.40. The summed E-state index contributed by atoms with van der Waals surface area (Å²) in [5, 5.41) is 4.42. The van der Waals surface area contributed by atoms with Crippen LogP contribution in [0.4, 0.5) is 0 Å².